The number of hydrogen-bond donors (Lipinski definition) is 2. The molecule has 70 valence electrons. The van der Waals surface area contributed by atoms with Crippen molar-refractivity contribution in [2.75, 3.05) is 23.7 Å². The summed E-state index contributed by atoms with van der Waals surface area (Å²) in [7, 11) is 0. The first-order valence-electron chi connectivity index (χ1n) is 3.88. The highest BCUT2D eigenvalue weighted by Crippen LogP contribution is 2.20. The van der Waals surface area contributed by atoms with Crippen LogP contribution < -0.4 is 10.6 Å². The van der Waals surface area contributed by atoms with Crippen LogP contribution in [-0.4, -0.2) is 34.3 Å². The summed E-state index contributed by atoms with van der Waals surface area (Å²) in [6.45, 7) is 1.16. The van der Waals surface area contributed by atoms with Crippen molar-refractivity contribution in [3.63, 3.8) is 0 Å². The maximum atomic E-state index is 9.08. The number of β-amino-alcohol motifs (C(OH)–C–C–N with tert-alkyl or cyclic N) is 1. The van der Waals surface area contributed by atoms with Gasteiger partial charge in [0.25, 0.3) is 0 Å². The molecule has 0 radical (unpaired) electrons. The Balaban J connectivity index is 2.21. The third-order valence-electron chi connectivity index (χ3n) is 1.85. The number of nitrogens with two attached hydrogens (primary N) is 1. The lowest BCUT2D eigenvalue weighted by Gasteiger charge is -2.35. The fraction of sp³-hybridized carbons (Fsp3) is 0.429. The first-order valence-corrected chi connectivity index (χ1v) is 4.67. The van der Waals surface area contributed by atoms with Crippen LogP contribution >= 0.6 is 15.9 Å². The summed E-state index contributed by atoms with van der Waals surface area (Å²) in [6.07, 6.45) is -0.260. The molecule has 1 aliphatic rings. The van der Waals surface area contributed by atoms with Crippen LogP contribution in [0.25, 0.3) is 0 Å². The van der Waals surface area contributed by atoms with Gasteiger partial charge in [0, 0.05) is 19.2 Å². The molecule has 1 saturated heterocycles. The van der Waals surface area contributed by atoms with Gasteiger partial charge in [0.15, 0.2) is 0 Å². The van der Waals surface area contributed by atoms with Gasteiger partial charge in [-0.1, -0.05) is 0 Å². The second kappa shape index (κ2) is 3.12. The number of rotatable bonds is 1. The molecule has 0 saturated carbocycles. The quantitative estimate of drug-likeness (QED) is 0.681. The summed E-state index contributed by atoms with van der Waals surface area (Å²) in [5.41, 5.74) is 5.54. The Kier molecular flexibility index (Phi) is 2.09. The van der Waals surface area contributed by atoms with Crippen molar-refractivity contribution in [1.29, 1.82) is 0 Å². The fourth-order valence-electron chi connectivity index (χ4n) is 1.18. The van der Waals surface area contributed by atoms with E-state index in [1.165, 1.54) is 0 Å². The van der Waals surface area contributed by atoms with E-state index < -0.39 is 0 Å². The topological polar surface area (TPSA) is 75.3 Å². The Labute approximate surface area is 83.7 Å². The zero-order valence-electron chi connectivity index (χ0n) is 6.81. The van der Waals surface area contributed by atoms with Crippen LogP contribution in [0.1, 0.15) is 0 Å². The number of nitrogen functional groups attached to an aromatic ring is 1. The van der Waals surface area contributed by atoms with Crippen molar-refractivity contribution < 1.29 is 5.11 Å². The molecule has 0 atom stereocenters. The molecule has 1 aliphatic heterocycles. The predicted octanol–water partition coefficient (Wildman–Crippen LogP) is 0.00220. The Hall–Kier alpha value is -0.880. The Bertz CT molecular complexity index is 306. The van der Waals surface area contributed by atoms with Crippen LogP contribution in [0.4, 0.5) is 11.8 Å². The van der Waals surface area contributed by atoms with Crippen molar-refractivity contribution in [2.24, 2.45) is 0 Å². The van der Waals surface area contributed by atoms with Crippen molar-refractivity contribution in [3.05, 3.63) is 10.7 Å². The molecule has 1 fully saturated rings. The van der Waals surface area contributed by atoms with Gasteiger partial charge in [0.2, 0.25) is 5.95 Å². The van der Waals surface area contributed by atoms with Crippen molar-refractivity contribution in [1.82, 2.24) is 9.97 Å². The second-order valence-corrected chi connectivity index (χ2v) is 3.79. The molecule has 6 heteroatoms. The first kappa shape index (κ1) is 8.71. The SMILES string of the molecule is Nc1cc(Br)nc(N2CC(O)C2)n1. The Morgan fingerprint density at radius 2 is 2.23 bits per heavy atom. The first-order chi connectivity index (χ1) is 6.15. The molecule has 2 rings (SSSR count). The number of nitrogens with zero attached hydrogens (tertiary/aromatic N) is 3. The number of anilines is 2. The van der Waals surface area contributed by atoms with Crippen LogP contribution in [0, 0.1) is 0 Å². The molecule has 3 N–H and O–H groups in total. The zero-order valence-corrected chi connectivity index (χ0v) is 8.40. The molecule has 5 nitrogen and oxygen atoms in total. The molecular weight excluding hydrogens is 236 g/mol. The van der Waals surface area contributed by atoms with E-state index in [2.05, 4.69) is 25.9 Å². The third kappa shape index (κ3) is 1.73. The van der Waals surface area contributed by atoms with E-state index in [1.54, 1.807) is 6.07 Å². The van der Waals surface area contributed by atoms with Crippen molar-refractivity contribution >= 4 is 27.7 Å². The van der Waals surface area contributed by atoms with Gasteiger partial charge in [-0.15, -0.1) is 0 Å². The normalized spacial score (nSPS) is 17.2. The van der Waals surface area contributed by atoms with E-state index in [-0.39, 0.29) is 6.10 Å². The number of hydrogen-bond acceptors (Lipinski definition) is 5. The molecular formula is C7H9BrN4O. The summed E-state index contributed by atoms with van der Waals surface area (Å²) in [5, 5.41) is 9.08. The van der Waals surface area contributed by atoms with Gasteiger partial charge in [-0.05, 0) is 15.9 Å². The van der Waals surface area contributed by atoms with E-state index in [4.69, 9.17) is 10.8 Å². The van der Waals surface area contributed by atoms with Gasteiger partial charge in [0.05, 0.1) is 6.10 Å². The summed E-state index contributed by atoms with van der Waals surface area (Å²) in [6, 6.07) is 1.64. The molecule has 0 amide bonds. The minimum absolute atomic E-state index is 0.260. The lowest BCUT2D eigenvalue weighted by atomic mass is 10.2. The summed E-state index contributed by atoms with van der Waals surface area (Å²) < 4.78 is 0.663. The highest BCUT2D eigenvalue weighted by atomic mass is 79.9. The Morgan fingerprint density at radius 1 is 1.54 bits per heavy atom. The lowest BCUT2D eigenvalue weighted by molar-refractivity contribution is 0.140. The van der Waals surface area contributed by atoms with Crippen LogP contribution in [0.15, 0.2) is 10.7 Å². The summed E-state index contributed by atoms with van der Waals surface area (Å²) in [5.74, 6) is 0.996. The van der Waals surface area contributed by atoms with Crippen LogP contribution in [0.2, 0.25) is 0 Å². The van der Waals surface area contributed by atoms with Gasteiger partial charge in [-0.2, -0.15) is 4.98 Å². The van der Waals surface area contributed by atoms with Crippen LogP contribution in [-0.2, 0) is 0 Å². The minimum atomic E-state index is -0.260. The maximum absolute atomic E-state index is 9.08. The smallest absolute Gasteiger partial charge is 0.228 e. The second-order valence-electron chi connectivity index (χ2n) is 2.97. The molecule has 0 aliphatic carbocycles. The maximum Gasteiger partial charge on any atom is 0.228 e. The highest BCUT2D eigenvalue weighted by Gasteiger charge is 2.26. The predicted molar refractivity (Wildman–Crippen MR) is 52.4 cm³/mol. The van der Waals surface area contributed by atoms with Gasteiger partial charge >= 0.3 is 0 Å². The number of aliphatic hydroxyl groups is 1. The summed E-state index contributed by atoms with van der Waals surface area (Å²) >= 11 is 3.23. The average molecular weight is 245 g/mol. The number of aromatic nitrogens is 2. The average Bonchev–Trinajstić information content (AvgIpc) is 1.96. The van der Waals surface area contributed by atoms with Crippen LogP contribution in [0.5, 0.6) is 0 Å². The van der Waals surface area contributed by atoms with Gasteiger partial charge < -0.3 is 15.7 Å². The number of halogens is 1. The van der Waals surface area contributed by atoms with Gasteiger partial charge in [-0.25, -0.2) is 4.98 Å². The molecule has 2 heterocycles. The van der Waals surface area contributed by atoms with Crippen molar-refractivity contribution in [3.8, 4) is 0 Å². The Morgan fingerprint density at radius 3 is 2.77 bits per heavy atom. The van der Waals surface area contributed by atoms with E-state index in [0.717, 1.165) is 0 Å². The standard InChI is InChI=1S/C7H9BrN4O/c8-5-1-6(9)11-7(10-5)12-2-4(13)3-12/h1,4,13H,2-3H2,(H2,9,10,11). The molecule has 13 heavy (non-hydrogen) atoms. The molecule has 1 aromatic rings. The molecule has 0 unspecified atom stereocenters. The zero-order chi connectivity index (χ0) is 9.42. The third-order valence-corrected chi connectivity index (χ3v) is 2.25. The molecule has 1 aromatic heterocycles. The van der Waals surface area contributed by atoms with Gasteiger partial charge in [-0.3, -0.25) is 0 Å². The fourth-order valence-corrected chi connectivity index (χ4v) is 1.58. The van der Waals surface area contributed by atoms with Gasteiger partial charge in [0.1, 0.15) is 10.4 Å². The van der Waals surface area contributed by atoms with E-state index in [1.807, 2.05) is 4.90 Å². The van der Waals surface area contributed by atoms with E-state index >= 15 is 0 Å². The van der Waals surface area contributed by atoms with Crippen LogP contribution in [0.3, 0.4) is 0 Å². The largest absolute Gasteiger partial charge is 0.389 e. The van der Waals surface area contributed by atoms with E-state index in [0.29, 0.717) is 29.5 Å². The molecule has 0 aromatic carbocycles. The lowest BCUT2D eigenvalue weighted by Crippen LogP contribution is -2.51. The monoisotopic (exact) mass is 244 g/mol. The van der Waals surface area contributed by atoms with E-state index in [9.17, 15) is 0 Å². The minimum Gasteiger partial charge on any atom is -0.389 e. The van der Waals surface area contributed by atoms with Crippen molar-refractivity contribution in [2.45, 2.75) is 6.10 Å². The highest BCUT2D eigenvalue weighted by molar-refractivity contribution is 9.10. The molecule has 0 spiro atoms. The number of aliphatic hydroxyl groups excluding tert-OH is 1. The molecule has 0 bridgehead atoms. The summed E-state index contributed by atoms with van der Waals surface area (Å²) in [4.78, 5) is 10.0.